The molecule has 8 nitrogen and oxygen atoms in total. The Labute approximate surface area is 197 Å². The number of fused-ring (bicyclic) bond motifs is 1. The maximum Gasteiger partial charge on any atom is 0.257 e. The average molecular weight is 469 g/mol. The summed E-state index contributed by atoms with van der Waals surface area (Å²) in [4.78, 5) is 28.9. The molecule has 0 bridgehead atoms. The van der Waals surface area contributed by atoms with Crippen LogP contribution in [0.25, 0.3) is 0 Å². The van der Waals surface area contributed by atoms with Crippen molar-refractivity contribution in [2.45, 2.75) is 19.4 Å². The molecule has 1 saturated heterocycles. The van der Waals surface area contributed by atoms with Gasteiger partial charge in [-0.15, -0.1) is 0 Å². The van der Waals surface area contributed by atoms with Gasteiger partial charge in [0.15, 0.2) is 11.5 Å². The number of hydrazone groups is 1. The molecule has 5 rings (SSSR count). The number of hydrogen-bond acceptors (Lipinski definition) is 6. The van der Waals surface area contributed by atoms with Crippen molar-refractivity contribution < 1.29 is 19.1 Å². The quantitative estimate of drug-likeness (QED) is 0.689. The van der Waals surface area contributed by atoms with E-state index in [0.29, 0.717) is 49.1 Å². The van der Waals surface area contributed by atoms with Crippen molar-refractivity contribution in [1.29, 1.82) is 0 Å². The van der Waals surface area contributed by atoms with E-state index in [0.717, 1.165) is 16.8 Å². The molecular formula is C24H25ClN4O4. The Balaban J connectivity index is 1.39. The Morgan fingerprint density at radius 1 is 1.06 bits per heavy atom. The molecule has 0 aromatic heterocycles. The highest BCUT2D eigenvalue weighted by molar-refractivity contribution is 6.34. The minimum absolute atomic E-state index is 0.0670. The van der Waals surface area contributed by atoms with Crippen LogP contribution in [-0.4, -0.2) is 71.9 Å². The maximum atomic E-state index is 13.4. The summed E-state index contributed by atoms with van der Waals surface area (Å²) >= 11 is 6.44. The third kappa shape index (κ3) is 4.41. The van der Waals surface area contributed by atoms with Crippen LogP contribution in [-0.2, 0) is 9.59 Å². The fourth-order valence-corrected chi connectivity index (χ4v) is 4.71. The Kier molecular flexibility index (Phi) is 5.95. The van der Waals surface area contributed by atoms with Crippen molar-refractivity contribution in [2.75, 3.05) is 39.5 Å². The van der Waals surface area contributed by atoms with E-state index in [1.807, 2.05) is 42.5 Å². The van der Waals surface area contributed by atoms with E-state index in [1.165, 1.54) is 0 Å². The molecule has 33 heavy (non-hydrogen) atoms. The number of hydrogen-bond donors (Lipinski definition) is 0. The molecule has 2 aromatic rings. The van der Waals surface area contributed by atoms with Crippen LogP contribution in [0.4, 0.5) is 0 Å². The molecule has 1 fully saturated rings. The molecule has 3 aliphatic rings. The summed E-state index contributed by atoms with van der Waals surface area (Å²) in [6.07, 6.45) is 0.549. The van der Waals surface area contributed by atoms with Gasteiger partial charge in [0.2, 0.25) is 12.7 Å². The van der Waals surface area contributed by atoms with Crippen molar-refractivity contribution in [2.24, 2.45) is 5.10 Å². The van der Waals surface area contributed by atoms with Crippen molar-refractivity contribution in [1.82, 2.24) is 14.8 Å². The van der Waals surface area contributed by atoms with E-state index in [-0.39, 0.29) is 31.2 Å². The summed E-state index contributed by atoms with van der Waals surface area (Å²) in [5.74, 6) is 1.35. The third-order valence-corrected chi connectivity index (χ3v) is 6.64. The molecule has 0 radical (unpaired) electrons. The first-order chi connectivity index (χ1) is 16.0. The predicted molar refractivity (Wildman–Crippen MR) is 123 cm³/mol. The van der Waals surface area contributed by atoms with Gasteiger partial charge in [0, 0.05) is 50.1 Å². The van der Waals surface area contributed by atoms with Gasteiger partial charge in [-0.25, -0.2) is 5.01 Å². The van der Waals surface area contributed by atoms with E-state index >= 15 is 0 Å². The van der Waals surface area contributed by atoms with E-state index < -0.39 is 0 Å². The molecule has 0 N–H and O–H groups in total. The molecule has 1 atom stereocenters. The minimum Gasteiger partial charge on any atom is -0.454 e. The molecule has 0 saturated carbocycles. The zero-order valence-electron chi connectivity index (χ0n) is 18.4. The van der Waals surface area contributed by atoms with Gasteiger partial charge in [-0.3, -0.25) is 14.5 Å². The minimum atomic E-state index is -0.267. The van der Waals surface area contributed by atoms with Crippen molar-refractivity contribution >= 4 is 29.1 Å². The number of carbonyl (C=O) groups is 2. The molecule has 172 valence electrons. The lowest BCUT2D eigenvalue weighted by Gasteiger charge is -2.34. The fourth-order valence-electron chi connectivity index (χ4n) is 4.46. The molecular weight excluding hydrogens is 444 g/mol. The van der Waals surface area contributed by atoms with Crippen LogP contribution in [0.3, 0.4) is 0 Å². The smallest absolute Gasteiger partial charge is 0.257 e. The first-order valence-corrected chi connectivity index (χ1v) is 11.4. The molecule has 9 heteroatoms. The largest absolute Gasteiger partial charge is 0.454 e. The highest BCUT2D eigenvalue weighted by atomic mass is 35.5. The Hall–Kier alpha value is -3.10. The standard InChI is InChI=1S/C24H25ClN4O4/c1-16(30)28-10-8-27(9-11-28)14-24(31)29-21(17-6-7-22-23(12-17)33-15-32-22)13-20(26-29)18-4-2-3-5-19(18)25/h2-7,12,21H,8-11,13-15H2,1H3/t21-/m1/s1. The summed E-state index contributed by atoms with van der Waals surface area (Å²) in [5, 5.41) is 6.92. The number of halogens is 1. The highest BCUT2D eigenvalue weighted by Gasteiger charge is 2.35. The molecule has 3 aliphatic heterocycles. The van der Waals surface area contributed by atoms with Crippen LogP contribution in [0.15, 0.2) is 47.6 Å². The highest BCUT2D eigenvalue weighted by Crippen LogP contribution is 2.39. The Bertz CT molecular complexity index is 1110. The van der Waals surface area contributed by atoms with Crippen LogP contribution >= 0.6 is 11.6 Å². The van der Waals surface area contributed by atoms with Crippen LogP contribution in [0.2, 0.25) is 5.02 Å². The second-order valence-electron chi connectivity index (χ2n) is 8.38. The monoisotopic (exact) mass is 468 g/mol. The number of piperazine rings is 1. The number of ether oxygens (including phenoxy) is 2. The van der Waals surface area contributed by atoms with Gasteiger partial charge in [-0.1, -0.05) is 35.9 Å². The summed E-state index contributed by atoms with van der Waals surface area (Å²) in [5.41, 5.74) is 2.54. The van der Waals surface area contributed by atoms with Crippen LogP contribution in [0.1, 0.15) is 30.5 Å². The third-order valence-electron chi connectivity index (χ3n) is 6.31. The van der Waals surface area contributed by atoms with Gasteiger partial charge >= 0.3 is 0 Å². The Morgan fingerprint density at radius 2 is 1.82 bits per heavy atom. The second kappa shape index (κ2) is 9.03. The van der Waals surface area contributed by atoms with Crippen molar-refractivity contribution in [3.8, 4) is 11.5 Å². The van der Waals surface area contributed by atoms with E-state index in [2.05, 4.69) is 4.90 Å². The lowest BCUT2D eigenvalue weighted by molar-refractivity contribution is -0.135. The molecule has 0 spiro atoms. The van der Waals surface area contributed by atoms with Gasteiger partial charge < -0.3 is 14.4 Å². The second-order valence-corrected chi connectivity index (χ2v) is 8.79. The van der Waals surface area contributed by atoms with Crippen molar-refractivity contribution in [3.05, 3.63) is 58.6 Å². The van der Waals surface area contributed by atoms with Gasteiger partial charge in [-0.2, -0.15) is 5.10 Å². The van der Waals surface area contributed by atoms with Crippen LogP contribution < -0.4 is 9.47 Å². The first kappa shape index (κ1) is 21.7. The van der Waals surface area contributed by atoms with Gasteiger partial charge in [0.25, 0.3) is 5.91 Å². The SMILES string of the molecule is CC(=O)N1CCN(CC(=O)N2N=C(c3ccccc3Cl)C[C@@H]2c2ccc3c(c2)OCO3)CC1. The molecule has 3 heterocycles. The van der Waals surface area contributed by atoms with E-state index in [1.54, 1.807) is 16.8 Å². The topological polar surface area (TPSA) is 74.7 Å². The lowest BCUT2D eigenvalue weighted by Crippen LogP contribution is -2.50. The van der Waals surface area contributed by atoms with Crippen molar-refractivity contribution in [3.63, 3.8) is 0 Å². The summed E-state index contributed by atoms with van der Waals surface area (Å²) < 4.78 is 11.0. The zero-order valence-corrected chi connectivity index (χ0v) is 19.1. The molecule has 2 aromatic carbocycles. The van der Waals surface area contributed by atoms with E-state index in [4.69, 9.17) is 26.2 Å². The number of carbonyl (C=O) groups excluding carboxylic acids is 2. The van der Waals surface area contributed by atoms with E-state index in [9.17, 15) is 9.59 Å². The number of rotatable bonds is 4. The van der Waals surface area contributed by atoms with Gasteiger partial charge in [-0.05, 0) is 23.8 Å². The summed E-state index contributed by atoms with van der Waals surface area (Å²) in [7, 11) is 0. The maximum absolute atomic E-state index is 13.4. The Morgan fingerprint density at radius 3 is 2.58 bits per heavy atom. The molecule has 0 aliphatic carbocycles. The zero-order chi connectivity index (χ0) is 22.9. The normalized spacial score (nSPS) is 20.2. The number of benzene rings is 2. The summed E-state index contributed by atoms with van der Waals surface area (Å²) in [6, 6.07) is 13.0. The first-order valence-electron chi connectivity index (χ1n) is 11.0. The molecule has 2 amide bonds. The number of amides is 2. The average Bonchev–Trinajstić information content (AvgIpc) is 3.46. The lowest BCUT2D eigenvalue weighted by atomic mass is 9.98. The van der Waals surface area contributed by atoms with Crippen LogP contribution in [0.5, 0.6) is 11.5 Å². The fraction of sp³-hybridized carbons (Fsp3) is 0.375. The van der Waals surface area contributed by atoms with Crippen LogP contribution in [0, 0.1) is 0 Å². The van der Waals surface area contributed by atoms with Gasteiger partial charge in [0.1, 0.15) is 0 Å². The summed E-state index contributed by atoms with van der Waals surface area (Å²) in [6.45, 7) is 4.59. The molecule has 0 unspecified atom stereocenters. The number of nitrogens with zero attached hydrogens (tertiary/aromatic N) is 4. The van der Waals surface area contributed by atoms with Gasteiger partial charge in [0.05, 0.1) is 18.3 Å². The predicted octanol–water partition coefficient (Wildman–Crippen LogP) is 2.91.